The normalized spacial score (nSPS) is 16.9. The van der Waals surface area contributed by atoms with Gasteiger partial charge in [-0.05, 0) is 58.2 Å². The van der Waals surface area contributed by atoms with E-state index >= 15 is 0 Å². The number of benzene rings is 1. The smallest absolute Gasteiger partial charge is 0.0387 e. The molecular formula is C16H28N4. The summed E-state index contributed by atoms with van der Waals surface area (Å²) in [7, 11) is 4.29. The molecule has 20 heavy (non-hydrogen) atoms. The van der Waals surface area contributed by atoms with Crippen LogP contribution in [0.5, 0.6) is 0 Å². The average Bonchev–Trinajstić information content (AvgIpc) is 2.44. The van der Waals surface area contributed by atoms with Crippen molar-refractivity contribution in [3.05, 3.63) is 24.3 Å². The van der Waals surface area contributed by atoms with Crippen LogP contribution in [0.4, 0.5) is 11.4 Å². The first-order valence-corrected chi connectivity index (χ1v) is 7.63. The van der Waals surface area contributed by atoms with Crippen LogP contribution in [0.3, 0.4) is 0 Å². The van der Waals surface area contributed by atoms with Crippen molar-refractivity contribution < 1.29 is 0 Å². The Hall–Kier alpha value is -1.26. The highest BCUT2D eigenvalue weighted by Gasteiger charge is 2.16. The predicted molar refractivity (Wildman–Crippen MR) is 87.3 cm³/mol. The van der Waals surface area contributed by atoms with Gasteiger partial charge in [-0.3, -0.25) is 4.90 Å². The third-order valence-corrected chi connectivity index (χ3v) is 3.94. The standard InChI is InChI=1S/C16H28N4/c1-18(2)8-3-4-9-19-10-12-20(13-11-19)16-7-5-6-15(17)14-16/h5-7,14H,3-4,8-13,17H2,1-2H3. The molecule has 0 saturated carbocycles. The monoisotopic (exact) mass is 276 g/mol. The van der Waals surface area contributed by atoms with Gasteiger partial charge in [-0.2, -0.15) is 0 Å². The Bertz CT molecular complexity index is 397. The van der Waals surface area contributed by atoms with Crippen molar-refractivity contribution in [2.24, 2.45) is 0 Å². The molecule has 0 amide bonds. The first kappa shape index (κ1) is 15.1. The zero-order valence-electron chi connectivity index (χ0n) is 12.9. The summed E-state index contributed by atoms with van der Waals surface area (Å²) in [4.78, 5) is 7.28. The van der Waals surface area contributed by atoms with E-state index in [1.165, 1.54) is 31.6 Å². The summed E-state index contributed by atoms with van der Waals surface area (Å²) in [6.45, 7) is 6.98. The number of nitrogen functional groups attached to an aromatic ring is 1. The summed E-state index contributed by atoms with van der Waals surface area (Å²) in [5.41, 5.74) is 7.97. The van der Waals surface area contributed by atoms with Gasteiger partial charge in [0.05, 0.1) is 0 Å². The van der Waals surface area contributed by atoms with Gasteiger partial charge < -0.3 is 15.5 Å². The Morgan fingerprint density at radius 3 is 2.50 bits per heavy atom. The molecule has 1 fully saturated rings. The molecule has 1 aromatic rings. The van der Waals surface area contributed by atoms with Crippen molar-refractivity contribution in [3.8, 4) is 0 Å². The van der Waals surface area contributed by atoms with Crippen LogP contribution >= 0.6 is 0 Å². The number of nitrogens with zero attached hydrogens (tertiary/aromatic N) is 3. The average molecular weight is 276 g/mol. The summed E-state index contributed by atoms with van der Waals surface area (Å²) in [6, 6.07) is 8.22. The molecule has 0 bridgehead atoms. The second-order valence-electron chi connectivity index (χ2n) is 5.93. The minimum Gasteiger partial charge on any atom is -0.399 e. The molecular weight excluding hydrogens is 248 g/mol. The Labute approximate surface area is 123 Å². The van der Waals surface area contributed by atoms with E-state index in [9.17, 15) is 0 Å². The van der Waals surface area contributed by atoms with Gasteiger partial charge in [0.1, 0.15) is 0 Å². The summed E-state index contributed by atoms with van der Waals surface area (Å²) < 4.78 is 0. The molecule has 2 N–H and O–H groups in total. The van der Waals surface area contributed by atoms with Gasteiger partial charge in [-0.1, -0.05) is 6.07 Å². The van der Waals surface area contributed by atoms with E-state index < -0.39 is 0 Å². The van der Waals surface area contributed by atoms with Gasteiger partial charge in [-0.15, -0.1) is 0 Å². The van der Waals surface area contributed by atoms with E-state index in [1.54, 1.807) is 0 Å². The number of rotatable bonds is 6. The molecule has 0 aliphatic carbocycles. The quantitative estimate of drug-likeness (QED) is 0.634. The minimum absolute atomic E-state index is 0.855. The molecule has 1 aliphatic heterocycles. The van der Waals surface area contributed by atoms with Crippen molar-refractivity contribution in [1.82, 2.24) is 9.80 Å². The fraction of sp³-hybridized carbons (Fsp3) is 0.625. The Morgan fingerprint density at radius 1 is 1.10 bits per heavy atom. The largest absolute Gasteiger partial charge is 0.399 e. The maximum Gasteiger partial charge on any atom is 0.0387 e. The molecule has 1 aromatic carbocycles. The molecule has 0 spiro atoms. The predicted octanol–water partition coefficient (Wildman–Crippen LogP) is 1.73. The molecule has 1 saturated heterocycles. The highest BCUT2D eigenvalue weighted by molar-refractivity contribution is 5.56. The molecule has 4 heteroatoms. The van der Waals surface area contributed by atoms with Crippen LogP contribution in [-0.2, 0) is 0 Å². The number of anilines is 2. The van der Waals surface area contributed by atoms with E-state index in [0.29, 0.717) is 0 Å². The lowest BCUT2D eigenvalue weighted by Crippen LogP contribution is -2.46. The maximum absolute atomic E-state index is 5.86. The second-order valence-corrected chi connectivity index (χ2v) is 5.93. The van der Waals surface area contributed by atoms with E-state index in [4.69, 9.17) is 5.73 Å². The Morgan fingerprint density at radius 2 is 1.85 bits per heavy atom. The SMILES string of the molecule is CN(C)CCCCN1CCN(c2cccc(N)c2)CC1. The molecule has 0 aromatic heterocycles. The lowest BCUT2D eigenvalue weighted by Gasteiger charge is -2.36. The van der Waals surface area contributed by atoms with Crippen LogP contribution in [0.15, 0.2) is 24.3 Å². The number of hydrogen-bond acceptors (Lipinski definition) is 4. The van der Waals surface area contributed by atoms with E-state index in [1.807, 2.05) is 12.1 Å². The minimum atomic E-state index is 0.855. The first-order valence-electron chi connectivity index (χ1n) is 7.63. The van der Waals surface area contributed by atoms with Gasteiger partial charge in [-0.25, -0.2) is 0 Å². The van der Waals surface area contributed by atoms with E-state index in [0.717, 1.165) is 31.9 Å². The topological polar surface area (TPSA) is 35.7 Å². The molecule has 0 atom stereocenters. The summed E-state index contributed by atoms with van der Waals surface area (Å²) in [6.07, 6.45) is 2.60. The zero-order chi connectivity index (χ0) is 14.4. The number of hydrogen-bond donors (Lipinski definition) is 1. The van der Waals surface area contributed by atoms with Crippen molar-refractivity contribution in [2.75, 3.05) is 64.0 Å². The van der Waals surface area contributed by atoms with Gasteiger partial charge in [0.15, 0.2) is 0 Å². The number of piperazine rings is 1. The van der Waals surface area contributed by atoms with Crippen molar-refractivity contribution in [1.29, 1.82) is 0 Å². The van der Waals surface area contributed by atoms with E-state index in [2.05, 4.69) is 40.9 Å². The van der Waals surface area contributed by atoms with Crippen LogP contribution in [0, 0.1) is 0 Å². The van der Waals surface area contributed by atoms with Gasteiger partial charge in [0.2, 0.25) is 0 Å². The molecule has 2 rings (SSSR count). The Kier molecular flexibility index (Phi) is 5.68. The third-order valence-electron chi connectivity index (χ3n) is 3.94. The molecule has 0 unspecified atom stereocenters. The highest BCUT2D eigenvalue weighted by atomic mass is 15.3. The van der Waals surface area contributed by atoms with Gasteiger partial charge in [0, 0.05) is 37.6 Å². The van der Waals surface area contributed by atoms with Crippen LogP contribution in [0.2, 0.25) is 0 Å². The lowest BCUT2D eigenvalue weighted by molar-refractivity contribution is 0.248. The summed E-state index contributed by atoms with van der Waals surface area (Å²) in [5.74, 6) is 0. The molecule has 1 aliphatic rings. The fourth-order valence-corrected chi connectivity index (χ4v) is 2.71. The lowest BCUT2D eigenvalue weighted by atomic mass is 10.2. The second kappa shape index (κ2) is 7.50. The van der Waals surface area contributed by atoms with Crippen LogP contribution in [0.1, 0.15) is 12.8 Å². The first-order chi connectivity index (χ1) is 9.65. The van der Waals surface area contributed by atoms with Crippen LogP contribution < -0.4 is 10.6 Å². The third kappa shape index (κ3) is 4.69. The maximum atomic E-state index is 5.86. The molecule has 4 nitrogen and oxygen atoms in total. The van der Waals surface area contributed by atoms with Crippen molar-refractivity contribution in [2.45, 2.75) is 12.8 Å². The van der Waals surface area contributed by atoms with Crippen LogP contribution in [-0.4, -0.2) is 63.2 Å². The highest BCUT2D eigenvalue weighted by Crippen LogP contribution is 2.19. The van der Waals surface area contributed by atoms with Gasteiger partial charge in [0.25, 0.3) is 0 Å². The Balaban J connectivity index is 1.70. The number of nitrogens with two attached hydrogens (primary N) is 1. The fourth-order valence-electron chi connectivity index (χ4n) is 2.71. The number of unbranched alkanes of at least 4 members (excludes halogenated alkanes) is 1. The molecule has 112 valence electrons. The summed E-state index contributed by atoms with van der Waals surface area (Å²) in [5, 5.41) is 0. The van der Waals surface area contributed by atoms with E-state index in [-0.39, 0.29) is 0 Å². The molecule has 0 radical (unpaired) electrons. The summed E-state index contributed by atoms with van der Waals surface area (Å²) >= 11 is 0. The molecule has 1 heterocycles. The zero-order valence-corrected chi connectivity index (χ0v) is 12.9. The van der Waals surface area contributed by atoms with Crippen molar-refractivity contribution >= 4 is 11.4 Å². The van der Waals surface area contributed by atoms with Gasteiger partial charge >= 0.3 is 0 Å². The van der Waals surface area contributed by atoms with Crippen LogP contribution in [0.25, 0.3) is 0 Å². The van der Waals surface area contributed by atoms with Crippen molar-refractivity contribution in [3.63, 3.8) is 0 Å².